The fourth-order valence-corrected chi connectivity index (χ4v) is 6.30. The molecule has 0 spiro atoms. The lowest BCUT2D eigenvalue weighted by Crippen LogP contribution is -2.55. The van der Waals surface area contributed by atoms with E-state index < -0.39 is 11.0 Å². The van der Waals surface area contributed by atoms with Crippen LogP contribution >= 0.6 is 0 Å². The van der Waals surface area contributed by atoms with Crippen LogP contribution in [0.25, 0.3) is 0 Å². The molecule has 3 unspecified atom stereocenters. The molecule has 152 valence electrons. The maximum absolute atomic E-state index is 13.3. The Morgan fingerprint density at radius 2 is 1.50 bits per heavy atom. The zero-order valence-corrected chi connectivity index (χ0v) is 18.6. The fraction of sp³-hybridized carbons (Fsp3) is 0.957. The molecule has 2 fully saturated rings. The molecule has 2 aliphatic rings. The molecule has 0 amide bonds. The summed E-state index contributed by atoms with van der Waals surface area (Å²) >= 11 is 0. The van der Waals surface area contributed by atoms with Gasteiger partial charge in [0.2, 0.25) is 0 Å². The van der Waals surface area contributed by atoms with Crippen LogP contribution in [0.4, 0.5) is 0 Å². The van der Waals surface area contributed by atoms with Crippen molar-refractivity contribution in [3.05, 3.63) is 0 Å². The summed E-state index contributed by atoms with van der Waals surface area (Å²) in [7, 11) is 0. The molecular weight excluding hydrogens is 322 g/mol. The normalized spacial score (nSPS) is 34.9. The Hall–Kier alpha value is -0.570. The van der Waals surface area contributed by atoms with Crippen LogP contribution in [-0.4, -0.2) is 18.1 Å². The third kappa shape index (κ3) is 4.46. The summed E-state index contributed by atoms with van der Waals surface area (Å²) < 4.78 is 6.33. The summed E-state index contributed by atoms with van der Waals surface area (Å²) in [6.07, 6.45) is 6.97. The highest BCUT2D eigenvalue weighted by Gasteiger charge is 2.55. The van der Waals surface area contributed by atoms with Crippen molar-refractivity contribution in [3.63, 3.8) is 0 Å². The first kappa shape index (κ1) is 21.7. The molecule has 0 radical (unpaired) electrons. The molecule has 0 aliphatic heterocycles. The summed E-state index contributed by atoms with van der Waals surface area (Å²) in [4.78, 5) is 13.3. The average molecular weight is 366 g/mol. The van der Waals surface area contributed by atoms with Gasteiger partial charge >= 0.3 is 5.97 Å². The number of nitrogens with two attached hydrogens (primary N) is 1. The van der Waals surface area contributed by atoms with E-state index in [1.54, 1.807) is 0 Å². The van der Waals surface area contributed by atoms with Crippen molar-refractivity contribution in [2.24, 2.45) is 39.7 Å². The molecule has 3 heteroatoms. The minimum atomic E-state index is -0.619. The number of hydrogen-bond donors (Lipinski definition) is 1. The van der Waals surface area contributed by atoms with Crippen molar-refractivity contribution in [2.75, 3.05) is 6.54 Å². The average Bonchev–Trinajstić information content (AvgIpc) is 2.42. The summed E-state index contributed by atoms with van der Waals surface area (Å²) in [5, 5.41) is 0. The summed E-state index contributed by atoms with van der Waals surface area (Å²) in [5.41, 5.74) is 5.14. The number of hydrogen-bond acceptors (Lipinski definition) is 3. The van der Waals surface area contributed by atoms with Crippen LogP contribution in [0.5, 0.6) is 0 Å². The van der Waals surface area contributed by atoms with Gasteiger partial charge in [0, 0.05) is 12.0 Å². The Morgan fingerprint density at radius 1 is 1.00 bits per heavy atom. The predicted octanol–water partition coefficient (Wildman–Crippen LogP) is 5.56. The van der Waals surface area contributed by atoms with Gasteiger partial charge in [0.05, 0.1) is 5.41 Å². The topological polar surface area (TPSA) is 52.3 Å². The Kier molecular flexibility index (Phi) is 5.94. The molecule has 3 nitrogen and oxygen atoms in total. The largest absolute Gasteiger partial charge is 0.459 e. The van der Waals surface area contributed by atoms with Crippen molar-refractivity contribution < 1.29 is 9.53 Å². The predicted molar refractivity (Wildman–Crippen MR) is 109 cm³/mol. The number of carbonyl (C=O) groups excluding carboxylic acids is 1. The second-order valence-electron chi connectivity index (χ2n) is 11.8. The van der Waals surface area contributed by atoms with E-state index in [1.165, 1.54) is 32.1 Å². The first-order valence-electron chi connectivity index (χ1n) is 10.7. The maximum Gasteiger partial charge on any atom is 0.313 e. The second-order valence-corrected chi connectivity index (χ2v) is 11.8. The molecule has 2 N–H and O–H groups in total. The smallest absolute Gasteiger partial charge is 0.313 e. The fourth-order valence-electron chi connectivity index (χ4n) is 6.30. The summed E-state index contributed by atoms with van der Waals surface area (Å²) in [5.74, 6) is 2.11. The van der Waals surface area contributed by atoms with Gasteiger partial charge in [-0.2, -0.15) is 0 Å². The van der Waals surface area contributed by atoms with Crippen LogP contribution in [-0.2, 0) is 9.53 Å². The van der Waals surface area contributed by atoms with Crippen LogP contribution in [0.3, 0.4) is 0 Å². The van der Waals surface area contributed by atoms with E-state index in [-0.39, 0.29) is 16.8 Å². The third-order valence-electron chi connectivity index (χ3n) is 7.12. The summed E-state index contributed by atoms with van der Waals surface area (Å²) in [6.45, 7) is 17.9. The van der Waals surface area contributed by atoms with Crippen molar-refractivity contribution in [1.82, 2.24) is 0 Å². The lowest BCUT2D eigenvalue weighted by Gasteiger charge is -2.57. The van der Waals surface area contributed by atoms with Gasteiger partial charge in [-0.25, -0.2) is 0 Å². The van der Waals surface area contributed by atoms with E-state index in [2.05, 4.69) is 48.5 Å². The molecule has 26 heavy (non-hydrogen) atoms. The quantitative estimate of drug-likeness (QED) is 0.649. The van der Waals surface area contributed by atoms with Crippen molar-refractivity contribution >= 4 is 5.97 Å². The van der Waals surface area contributed by atoms with Crippen molar-refractivity contribution in [3.8, 4) is 0 Å². The van der Waals surface area contributed by atoms with E-state index in [1.807, 2.05) is 6.92 Å². The lowest BCUT2D eigenvalue weighted by molar-refractivity contribution is -0.198. The zero-order chi connectivity index (χ0) is 20.0. The first-order chi connectivity index (χ1) is 11.7. The number of carbonyl (C=O) groups is 1. The van der Waals surface area contributed by atoms with Gasteiger partial charge in [-0.1, -0.05) is 34.6 Å². The Bertz CT molecular complexity index is 499. The van der Waals surface area contributed by atoms with Gasteiger partial charge < -0.3 is 10.5 Å². The molecule has 3 atom stereocenters. The minimum absolute atomic E-state index is 0.0410. The SMILES string of the molecule is CC1CC2CC(C)CC(C(C)(C)OC(=O)C(C)(CN)CC(C)(C)C)(C1)C2. The van der Waals surface area contributed by atoms with Gasteiger partial charge in [0.1, 0.15) is 5.60 Å². The van der Waals surface area contributed by atoms with E-state index >= 15 is 0 Å². The Balaban J connectivity index is 2.24. The van der Waals surface area contributed by atoms with Crippen molar-refractivity contribution in [2.45, 2.75) is 99.5 Å². The van der Waals surface area contributed by atoms with Gasteiger partial charge in [-0.3, -0.25) is 4.79 Å². The molecular formula is C23H43NO2. The Morgan fingerprint density at radius 3 is 1.92 bits per heavy atom. The second kappa shape index (κ2) is 7.11. The Labute approximate surface area is 161 Å². The lowest BCUT2D eigenvalue weighted by atomic mass is 9.51. The monoisotopic (exact) mass is 365 g/mol. The van der Waals surface area contributed by atoms with E-state index in [0.29, 0.717) is 6.54 Å². The highest BCUT2D eigenvalue weighted by molar-refractivity contribution is 5.77. The number of fused-ring (bicyclic) bond motifs is 2. The molecule has 0 saturated heterocycles. The molecule has 0 aromatic heterocycles. The van der Waals surface area contributed by atoms with E-state index in [9.17, 15) is 4.79 Å². The first-order valence-corrected chi connectivity index (χ1v) is 10.7. The molecule has 0 aromatic rings. The van der Waals surface area contributed by atoms with Crippen molar-refractivity contribution in [1.29, 1.82) is 0 Å². The zero-order valence-electron chi connectivity index (χ0n) is 18.6. The van der Waals surface area contributed by atoms with Crippen LogP contribution in [0.1, 0.15) is 93.9 Å². The summed E-state index contributed by atoms with van der Waals surface area (Å²) in [6, 6.07) is 0. The third-order valence-corrected chi connectivity index (χ3v) is 7.12. The highest BCUT2D eigenvalue weighted by atomic mass is 16.6. The van der Waals surface area contributed by atoms with Crippen LogP contribution in [0.15, 0.2) is 0 Å². The van der Waals surface area contributed by atoms with Crippen LogP contribution in [0, 0.1) is 34.0 Å². The molecule has 2 rings (SSSR count). The molecule has 2 saturated carbocycles. The van der Waals surface area contributed by atoms with E-state index in [0.717, 1.165) is 24.2 Å². The highest BCUT2D eigenvalue weighted by Crippen LogP contribution is 2.59. The number of esters is 1. The number of rotatable bonds is 5. The minimum Gasteiger partial charge on any atom is -0.459 e. The van der Waals surface area contributed by atoms with Gasteiger partial charge in [-0.15, -0.1) is 0 Å². The van der Waals surface area contributed by atoms with Gasteiger partial charge in [0.25, 0.3) is 0 Å². The maximum atomic E-state index is 13.3. The molecule has 0 heterocycles. The van der Waals surface area contributed by atoms with Gasteiger partial charge in [0.15, 0.2) is 0 Å². The van der Waals surface area contributed by atoms with Gasteiger partial charge in [-0.05, 0) is 82.5 Å². The molecule has 2 aliphatic carbocycles. The standard InChI is InChI=1S/C23H43NO2/c1-16-9-18-10-17(2)12-23(11-16,13-18)21(6,7)26-19(25)22(8,15-24)14-20(3,4)5/h16-18H,9-15,24H2,1-8H3. The van der Waals surface area contributed by atoms with Crippen LogP contribution < -0.4 is 5.73 Å². The molecule has 2 bridgehead atoms. The van der Waals surface area contributed by atoms with E-state index in [4.69, 9.17) is 10.5 Å². The number of ether oxygens (including phenoxy) is 1. The molecule has 0 aromatic carbocycles. The van der Waals surface area contributed by atoms with Crippen LogP contribution in [0.2, 0.25) is 0 Å².